The number of hydrogen-bond donors (Lipinski definition) is 1. The first-order chi connectivity index (χ1) is 8.74. The van der Waals surface area contributed by atoms with Crippen molar-refractivity contribution in [3.63, 3.8) is 0 Å². The first-order valence-electron chi connectivity index (χ1n) is 6.10. The monoisotopic (exact) mass is 324 g/mol. The summed E-state index contributed by atoms with van der Waals surface area (Å²) in [5.74, 6) is 0. The summed E-state index contributed by atoms with van der Waals surface area (Å²) in [6.07, 6.45) is 2.97. The highest BCUT2D eigenvalue weighted by Crippen LogP contribution is 2.32. The van der Waals surface area contributed by atoms with Gasteiger partial charge < -0.3 is 5.32 Å². The Morgan fingerprint density at radius 2 is 2.22 bits per heavy atom. The zero-order valence-corrected chi connectivity index (χ0v) is 13.0. The number of halogens is 1. The molecule has 2 nitrogen and oxygen atoms in total. The number of aromatic nitrogens is 1. The van der Waals surface area contributed by atoms with Crippen LogP contribution in [0.1, 0.15) is 36.2 Å². The lowest BCUT2D eigenvalue weighted by Crippen LogP contribution is -2.24. The minimum absolute atomic E-state index is 0.222. The third kappa shape index (κ3) is 2.99. The Labute approximate surface area is 121 Å². The Morgan fingerprint density at radius 1 is 1.39 bits per heavy atom. The van der Waals surface area contributed by atoms with Crippen molar-refractivity contribution in [1.29, 1.82) is 0 Å². The Bertz CT molecular complexity index is 510. The van der Waals surface area contributed by atoms with Gasteiger partial charge in [0.05, 0.1) is 6.04 Å². The van der Waals surface area contributed by atoms with Gasteiger partial charge in [-0.3, -0.25) is 4.98 Å². The summed E-state index contributed by atoms with van der Waals surface area (Å²) in [4.78, 5) is 4.40. The molecule has 0 bridgehead atoms. The van der Waals surface area contributed by atoms with Crippen LogP contribution in [0.15, 0.2) is 33.6 Å². The number of nitrogens with one attached hydrogen (secondary N) is 1. The molecule has 1 atom stereocenters. The van der Waals surface area contributed by atoms with Crippen LogP contribution in [-0.2, 0) is 0 Å². The molecule has 2 aromatic rings. The van der Waals surface area contributed by atoms with Crippen molar-refractivity contribution in [2.75, 3.05) is 6.54 Å². The van der Waals surface area contributed by atoms with E-state index in [0.717, 1.165) is 18.7 Å². The second kappa shape index (κ2) is 6.45. The molecule has 96 valence electrons. The Hall–Kier alpha value is -0.710. The van der Waals surface area contributed by atoms with Crippen LogP contribution in [0.25, 0.3) is 0 Å². The number of nitrogens with zero attached hydrogens (tertiary/aromatic N) is 1. The van der Waals surface area contributed by atoms with E-state index >= 15 is 0 Å². The Balaban J connectivity index is 2.37. The van der Waals surface area contributed by atoms with Crippen LogP contribution in [-0.4, -0.2) is 11.5 Å². The lowest BCUT2D eigenvalue weighted by atomic mass is 10.00. The SMILES string of the molecule is CCCNC(c1cscc1Br)c1cccnc1C. The van der Waals surface area contributed by atoms with E-state index in [1.807, 2.05) is 12.3 Å². The van der Waals surface area contributed by atoms with Gasteiger partial charge in [-0.1, -0.05) is 13.0 Å². The standard InChI is InChI=1S/C14H17BrN2S/c1-3-6-17-14(12-8-18-9-13(12)15)11-5-4-7-16-10(11)2/h4-5,7-9,14,17H,3,6H2,1-2H3. The van der Waals surface area contributed by atoms with Crippen LogP contribution < -0.4 is 5.32 Å². The number of aryl methyl sites for hydroxylation is 1. The molecule has 4 heteroatoms. The molecule has 2 heterocycles. The average molecular weight is 325 g/mol. The molecule has 0 amide bonds. The predicted molar refractivity (Wildman–Crippen MR) is 81.1 cm³/mol. The van der Waals surface area contributed by atoms with Crippen LogP contribution in [0, 0.1) is 6.92 Å². The summed E-state index contributed by atoms with van der Waals surface area (Å²) in [5.41, 5.74) is 3.64. The first kappa shape index (κ1) is 13.7. The fourth-order valence-electron chi connectivity index (χ4n) is 1.98. The Kier molecular flexibility index (Phi) is 4.92. The fraction of sp³-hybridized carbons (Fsp3) is 0.357. The number of thiophene rings is 1. The molecular formula is C14H17BrN2S. The third-order valence-electron chi connectivity index (χ3n) is 2.91. The molecule has 0 aliphatic carbocycles. The molecule has 0 aliphatic rings. The average Bonchev–Trinajstić information content (AvgIpc) is 2.78. The molecular weight excluding hydrogens is 308 g/mol. The minimum atomic E-state index is 0.222. The Morgan fingerprint density at radius 3 is 2.83 bits per heavy atom. The smallest absolute Gasteiger partial charge is 0.0614 e. The van der Waals surface area contributed by atoms with Gasteiger partial charge in [-0.25, -0.2) is 0 Å². The van der Waals surface area contributed by atoms with Crippen molar-refractivity contribution in [3.05, 3.63) is 50.4 Å². The van der Waals surface area contributed by atoms with Crippen LogP contribution in [0.4, 0.5) is 0 Å². The summed E-state index contributed by atoms with van der Waals surface area (Å²) in [6.45, 7) is 5.25. The molecule has 1 unspecified atom stereocenters. The van der Waals surface area contributed by atoms with Crippen molar-refractivity contribution in [2.45, 2.75) is 26.3 Å². The van der Waals surface area contributed by atoms with E-state index in [9.17, 15) is 0 Å². The lowest BCUT2D eigenvalue weighted by Gasteiger charge is -2.20. The normalized spacial score (nSPS) is 12.6. The number of hydrogen-bond acceptors (Lipinski definition) is 3. The van der Waals surface area contributed by atoms with E-state index in [2.05, 4.69) is 56.9 Å². The highest BCUT2D eigenvalue weighted by Gasteiger charge is 2.18. The molecule has 0 spiro atoms. The van der Waals surface area contributed by atoms with Crippen LogP contribution in [0.5, 0.6) is 0 Å². The highest BCUT2D eigenvalue weighted by molar-refractivity contribution is 9.10. The summed E-state index contributed by atoms with van der Waals surface area (Å²) in [6, 6.07) is 4.38. The highest BCUT2D eigenvalue weighted by atomic mass is 79.9. The van der Waals surface area contributed by atoms with Crippen molar-refractivity contribution in [2.24, 2.45) is 0 Å². The van der Waals surface area contributed by atoms with Crippen LogP contribution in [0.3, 0.4) is 0 Å². The molecule has 0 radical (unpaired) electrons. The van der Waals surface area contributed by atoms with E-state index in [4.69, 9.17) is 0 Å². The molecule has 0 saturated carbocycles. The van der Waals surface area contributed by atoms with Gasteiger partial charge in [0.1, 0.15) is 0 Å². The largest absolute Gasteiger partial charge is 0.306 e. The second-order valence-corrected chi connectivity index (χ2v) is 5.84. The molecule has 1 N–H and O–H groups in total. The quantitative estimate of drug-likeness (QED) is 0.886. The molecule has 0 fully saturated rings. The maximum atomic E-state index is 4.40. The molecule has 18 heavy (non-hydrogen) atoms. The number of rotatable bonds is 5. The summed E-state index contributed by atoms with van der Waals surface area (Å²) >= 11 is 5.35. The van der Waals surface area contributed by atoms with E-state index in [1.165, 1.54) is 15.6 Å². The maximum absolute atomic E-state index is 4.40. The van der Waals surface area contributed by atoms with Gasteiger partial charge in [-0.15, -0.1) is 0 Å². The first-order valence-corrected chi connectivity index (χ1v) is 7.84. The van der Waals surface area contributed by atoms with Crippen molar-refractivity contribution in [3.8, 4) is 0 Å². The van der Waals surface area contributed by atoms with Crippen molar-refractivity contribution < 1.29 is 0 Å². The second-order valence-electron chi connectivity index (χ2n) is 4.24. The van der Waals surface area contributed by atoms with Crippen molar-refractivity contribution in [1.82, 2.24) is 10.3 Å². The fourth-order valence-corrected chi connectivity index (χ4v) is 3.53. The third-order valence-corrected chi connectivity index (χ3v) is 4.66. The van der Waals surface area contributed by atoms with Crippen LogP contribution >= 0.6 is 27.3 Å². The topological polar surface area (TPSA) is 24.9 Å². The van der Waals surface area contributed by atoms with Gasteiger partial charge in [0.15, 0.2) is 0 Å². The van der Waals surface area contributed by atoms with Gasteiger partial charge in [-0.2, -0.15) is 11.3 Å². The minimum Gasteiger partial charge on any atom is -0.306 e. The molecule has 0 aromatic carbocycles. The molecule has 0 aliphatic heterocycles. The van der Waals surface area contributed by atoms with E-state index in [0.29, 0.717) is 0 Å². The predicted octanol–water partition coefficient (Wildman–Crippen LogP) is 4.30. The zero-order chi connectivity index (χ0) is 13.0. The van der Waals surface area contributed by atoms with Gasteiger partial charge in [0, 0.05) is 21.7 Å². The van der Waals surface area contributed by atoms with Crippen LogP contribution in [0.2, 0.25) is 0 Å². The molecule has 2 rings (SSSR count). The van der Waals surface area contributed by atoms with Gasteiger partial charge >= 0.3 is 0 Å². The van der Waals surface area contributed by atoms with E-state index < -0.39 is 0 Å². The summed E-state index contributed by atoms with van der Waals surface area (Å²) in [7, 11) is 0. The zero-order valence-electron chi connectivity index (χ0n) is 10.6. The lowest BCUT2D eigenvalue weighted by molar-refractivity contribution is 0.594. The van der Waals surface area contributed by atoms with Gasteiger partial charge in [0.2, 0.25) is 0 Å². The maximum Gasteiger partial charge on any atom is 0.0614 e. The molecule has 2 aromatic heterocycles. The van der Waals surface area contributed by atoms with Crippen molar-refractivity contribution >= 4 is 27.3 Å². The summed E-state index contributed by atoms with van der Waals surface area (Å²) < 4.78 is 1.17. The van der Waals surface area contributed by atoms with Gasteiger partial charge in [-0.05, 0) is 58.4 Å². The van der Waals surface area contributed by atoms with Gasteiger partial charge in [0.25, 0.3) is 0 Å². The number of pyridine rings is 1. The summed E-state index contributed by atoms with van der Waals surface area (Å²) in [5, 5.41) is 7.93. The molecule has 0 saturated heterocycles. The van der Waals surface area contributed by atoms with E-state index in [-0.39, 0.29) is 6.04 Å². The van der Waals surface area contributed by atoms with E-state index in [1.54, 1.807) is 11.3 Å².